The third kappa shape index (κ3) is 24.5. The maximum Gasteiger partial charge on any atom is 0.410 e. The highest BCUT2D eigenvalue weighted by molar-refractivity contribution is 5.99. The van der Waals surface area contributed by atoms with Crippen molar-refractivity contribution in [3.63, 3.8) is 0 Å². The number of aliphatic hydroxyl groups is 1. The van der Waals surface area contributed by atoms with Gasteiger partial charge in [-0.25, -0.2) is 14.4 Å². The Bertz CT molecular complexity index is 3680. The van der Waals surface area contributed by atoms with Crippen LogP contribution in [0.15, 0.2) is 116 Å². The second-order valence-corrected chi connectivity index (χ2v) is 29.3. The molecule has 0 spiro atoms. The van der Waals surface area contributed by atoms with E-state index in [1.54, 1.807) is 109 Å². The largest absolute Gasteiger partial charge is 0.461 e. The smallest absolute Gasteiger partial charge is 0.410 e. The summed E-state index contributed by atoms with van der Waals surface area (Å²) in [5, 5.41) is 30.1. The van der Waals surface area contributed by atoms with Gasteiger partial charge < -0.3 is 81.5 Å². The van der Waals surface area contributed by atoms with Crippen molar-refractivity contribution in [1.29, 1.82) is 0 Å². The molecule has 596 valence electrons. The SMILES string of the molecule is C=CCOC(=O)CCC(NC(=O)OCC1c2ccccc2-c2ccccc21)C(=O)N[C@H](C(=O)N[C@@H](CCCNC(N)=O)C(=O)Nc1ccc(COC(=O)N(C)[C@H](C(=O)N[C@H](C(=O)N(C)[C@H](C(CC(=O)N2CCC[C@H]2[C@H](OC)[C@@H](C)C(=O)N[C@H](C)[C@@H](O)c2ccccc2)OC)[C@@H](C)CC)C(C)C)C(C)C)cc1)C(C)C. The van der Waals surface area contributed by atoms with Crippen LogP contribution in [-0.2, 0) is 68.6 Å². The fraction of sp³-hybridized carbons (Fsp3) is 0.543. The standard InChI is InChI=1S/C81H115N11O17/c1-16-43-107-66(94)40-39-62(87-80(103)108-46-60-58-31-23-21-29-56(58)57-30-22-24-32-59(57)60)75(98)88-67(47(3)4)76(99)86-61(33-25-41-83-79(82)102)74(97)85-55-37-35-53(36-38-55)45-109-81(104)91(13)69(49(7)8)77(100)89-68(48(5)6)78(101)90(12)70(50(9)17-2)64(105-14)44-65(93)92-42-26-34-63(92)72(106-15)51(10)73(96)84-52(11)71(95)54-27-19-18-20-28-54/h16,18-24,27-32,35-38,47-52,60-64,67-72,95H,1,17,25-26,33-34,39-46H2,2-15H3,(H,84,96)(H,85,97)(H,86,99)(H,87,103)(H,88,98)(H,89,100)(H3,82,83,102)/t50-,51+,52+,61-,62?,63-,64?,67-,68-,69-,70-,71+,72+/m0/s1. The lowest BCUT2D eigenvalue weighted by atomic mass is 9.89. The minimum Gasteiger partial charge on any atom is -0.461 e. The second-order valence-electron chi connectivity index (χ2n) is 29.3. The van der Waals surface area contributed by atoms with E-state index in [2.05, 4.69) is 43.8 Å². The molecule has 6 rings (SSSR count). The normalized spacial score (nSPS) is 16.5. The molecule has 11 amide bonds. The predicted molar refractivity (Wildman–Crippen MR) is 411 cm³/mol. The molecule has 28 heteroatoms. The van der Waals surface area contributed by atoms with E-state index in [0.29, 0.717) is 36.9 Å². The molecular formula is C81H115N11O17. The van der Waals surface area contributed by atoms with E-state index in [-0.39, 0.29) is 87.8 Å². The lowest BCUT2D eigenvalue weighted by molar-refractivity contribution is -0.148. The Labute approximate surface area is 640 Å². The van der Waals surface area contributed by atoms with Crippen molar-refractivity contribution in [2.24, 2.45) is 35.3 Å². The number of esters is 1. The summed E-state index contributed by atoms with van der Waals surface area (Å²) in [6.07, 6.45) is -1.46. The predicted octanol–water partition coefficient (Wildman–Crippen LogP) is 8.01. The minimum atomic E-state index is -1.39. The summed E-state index contributed by atoms with van der Waals surface area (Å²) in [6, 6.07) is 22.2. The van der Waals surface area contributed by atoms with Crippen LogP contribution in [-0.4, -0.2) is 201 Å². The quantitative estimate of drug-likeness (QED) is 0.00879. The Hall–Kier alpha value is -9.93. The molecule has 0 aromatic heterocycles. The Morgan fingerprint density at radius 1 is 0.661 bits per heavy atom. The Morgan fingerprint density at radius 3 is 1.84 bits per heavy atom. The third-order valence-corrected chi connectivity index (χ3v) is 20.5. The summed E-state index contributed by atoms with van der Waals surface area (Å²) in [6.45, 7) is 21.4. The van der Waals surface area contributed by atoms with E-state index in [1.807, 2.05) is 80.6 Å². The number of benzene rings is 4. The number of amides is 11. The second kappa shape index (κ2) is 42.7. The monoisotopic (exact) mass is 1510 g/mol. The number of likely N-dealkylation sites (N-methyl/N-ethyl adjacent to an activating group) is 2. The van der Waals surface area contributed by atoms with Crippen LogP contribution in [0.1, 0.15) is 155 Å². The molecule has 0 bridgehead atoms. The van der Waals surface area contributed by atoms with Gasteiger partial charge in [0.15, 0.2) is 0 Å². The molecule has 4 aromatic carbocycles. The van der Waals surface area contributed by atoms with Crippen molar-refractivity contribution in [2.45, 2.75) is 200 Å². The number of carbonyl (C=O) groups excluding carboxylic acids is 11. The number of carbonyl (C=O) groups is 11. The first kappa shape index (κ1) is 88.0. The molecule has 2 aliphatic rings. The molecule has 0 saturated carbocycles. The third-order valence-electron chi connectivity index (χ3n) is 20.5. The first-order chi connectivity index (χ1) is 51.9. The highest BCUT2D eigenvalue weighted by Crippen LogP contribution is 2.44. The number of ether oxygens (including phenoxy) is 5. The highest BCUT2D eigenvalue weighted by atomic mass is 16.6. The van der Waals surface area contributed by atoms with Gasteiger partial charge in [0.25, 0.3) is 0 Å². The van der Waals surface area contributed by atoms with Crippen LogP contribution in [0.4, 0.5) is 20.1 Å². The first-order valence-corrected chi connectivity index (χ1v) is 37.6. The maximum atomic E-state index is 14.9. The topological polar surface area (TPSA) is 374 Å². The number of hydrogen-bond donors (Lipinski definition) is 9. The van der Waals surface area contributed by atoms with Gasteiger partial charge in [0.1, 0.15) is 50.0 Å². The number of alkyl carbamates (subject to hydrolysis) is 1. The van der Waals surface area contributed by atoms with Crippen molar-refractivity contribution >= 4 is 71.2 Å². The fourth-order valence-corrected chi connectivity index (χ4v) is 14.2. The molecule has 10 N–H and O–H groups in total. The summed E-state index contributed by atoms with van der Waals surface area (Å²) < 4.78 is 28.7. The zero-order chi connectivity index (χ0) is 80.3. The van der Waals surface area contributed by atoms with E-state index in [4.69, 9.17) is 29.4 Å². The number of likely N-dealkylation sites (tertiary alicyclic amines) is 1. The Balaban J connectivity index is 1.06. The molecule has 0 radical (unpaired) electrons. The zero-order valence-corrected chi connectivity index (χ0v) is 65.5. The van der Waals surface area contributed by atoms with Crippen LogP contribution in [0.2, 0.25) is 0 Å². The van der Waals surface area contributed by atoms with Gasteiger partial charge in [-0.05, 0) is 108 Å². The number of nitrogens with zero attached hydrogens (tertiary/aromatic N) is 3. The summed E-state index contributed by atoms with van der Waals surface area (Å²) in [5.41, 5.74) is 10.7. The van der Waals surface area contributed by atoms with Crippen molar-refractivity contribution in [2.75, 3.05) is 59.9 Å². The van der Waals surface area contributed by atoms with Gasteiger partial charge in [0, 0.05) is 59.4 Å². The van der Waals surface area contributed by atoms with Crippen molar-refractivity contribution in [3.05, 3.63) is 138 Å². The maximum absolute atomic E-state index is 14.9. The van der Waals surface area contributed by atoms with Crippen LogP contribution < -0.4 is 43.0 Å². The summed E-state index contributed by atoms with van der Waals surface area (Å²) >= 11 is 0. The molecule has 4 aromatic rings. The van der Waals surface area contributed by atoms with Gasteiger partial charge in [0.05, 0.1) is 48.8 Å². The van der Waals surface area contributed by atoms with E-state index >= 15 is 0 Å². The van der Waals surface area contributed by atoms with Crippen LogP contribution in [0.25, 0.3) is 11.1 Å². The number of aliphatic hydroxyl groups excluding tert-OH is 1. The number of fused-ring (bicyclic) bond motifs is 3. The molecular weight excluding hydrogens is 1400 g/mol. The first-order valence-electron chi connectivity index (χ1n) is 37.6. The number of methoxy groups -OCH3 is 2. The lowest BCUT2D eigenvalue weighted by Crippen LogP contribution is -2.60. The van der Waals surface area contributed by atoms with Crippen molar-refractivity contribution < 1.29 is 81.5 Å². The van der Waals surface area contributed by atoms with E-state index in [1.165, 1.54) is 27.3 Å². The number of primary amides is 1. The number of anilines is 1. The van der Waals surface area contributed by atoms with Gasteiger partial charge in [-0.15, -0.1) is 0 Å². The van der Waals surface area contributed by atoms with E-state index in [0.717, 1.165) is 27.2 Å². The summed E-state index contributed by atoms with van der Waals surface area (Å²) in [4.78, 5) is 157. The Kier molecular flexibility index (Phi) is 34.5. The van der Waals surface area contributed by atoms with Gasteiger partial charge in [-0.2, -0.15) is 0 Å². The van der Waals surface area contributed by atoms with Gasteiger partial charge in [-0.3, -0.25) is 43.3 Å². The molecule has 2 unspecified atom stereocenters. The number of nitrogens with one attached hydrogen (secondary N) is 7. The van der Waals surface area contributed by atoms with Crippen LogP contribution in [0, 0.1) is 29.6 Å². The average Bonchev–Trinajstić information content (AvgIpc) is 1.61. The van der Waals surface area contributed by atoms with E-state index < -0.39 is 144 Å². The molecule has 109 heavy (non-hydrogen) atoms. The van der Waals surface area contributed by atoms with Crippen molar-refractivity contribution in [3.8, 4) is 11.1 Å². The average molecular weight is 1510 g/mol. The molecule has 13 atom stereocenters. The fourth-order valence-electron chi connectivity index (χ4n) is 14.2. The number of rotatable bonds is 41. The molecule has 1 heterocycles. The molecule has 1 fully saturated rings. The molecule has 1 aliphatic heterocycles. The molecule has 28 nitrogen and oxygen atoms in total. The number of urea groups is 1. The highest BCUT2D eigenvalue weighted by Gasteiger charge is 2.45. The number of hydrogen-bond acceptors (Lipinski definition) is 17. The number of nitrogens with two attached hydrogens (primary N) is 1. The van der Waals surface area contributed by atoms with E-state index in [9.17, 15) is 57.8 Å². The van der Waals surface area contributed by atoms with Crippen LogP contribution in [0.3, 0.4) is 0 Å². The lowest BCUT2D eigenvalue weighted by Gasteiger charge is -2.41. The Morgan fingerprint density at radius 2 is 1.27 bits per heavy atom. The summed E-state index contributed by atoms with van der Waals surface area (Å²) in [7, 11) is 6.05. The minimum absolute atomic E-state index is 0.0119. The van der Waals surface area contributed by atoms with Gasteiger partial charge >= 0.3 is 24.2 Å². The van der Waals surface area contributed by atoms with Gasteiger partial charge in [-0.1, -0.05) is 172 Å². The molecule has 1 saturated heterocycles. The van der Waals surface area contributed by atoms with Crippen molar-refractivity contribution in [1.82, 2.24) is 46.6 Å². The summed E-state index contributed by atoms with van der Waals surface area (Å²) in [5.74, 6) is -7.25. The van der Waals surface area contributed by atoms with Crippen LogP contribution in [0.5, 0.6) is 0 Å². The van der Waals surface area contributed by atoms with Gasteiger partial charge in [0.2, 0.25) is 41.4 Å². The zero-order valence-electron chi connectivity index (χ0n) is 65.5. The van der Waals surface area contributed by atoms with Crippen LogP contribution >= 0.6 is 0 Å². The molecule has 1 aliphatic carbocycles.